The predicted octanol–water partition coefficient (Wildman–Crippen LogP) is 1.69. The van der Waals surface area contributed by atoms with Crippen molar-refractivity contribution in [2.75, 3.05) is 20.1 Å². The second-order valence-electron chi connectivity index (χ2n) is 4.48. The summed E-state index contributed by atoms with van der Waals surface area (Å²) >= 11 is 5.66. The van der Waals surface area contributed by atoms with Crippen LogP contribution in [0.3, 0.4) is 0 Å². The zero-order valence-electron chi connectivity index (χ0n) is 10.5. The van der Waals surface area contributed by atoms with Crippen LogP contribution in [0.15, 0.2) is 18.2 Å². The molecule has 4 nitrogen and oxygen atoms in total. The van der Waals surface area contributed by atoms with E-state index in [1.165, 1.54) is 18.2 Å². The molecule has 1 N–H and O–H groups in total. The Morgan fingerprint density at radius 3 is 2.84 bits per heavy atom. The summed E-state index contributed by atoms with van der Waals surface area (Å²) in [6, 6.07) is 3.88. The van der Waals surface area contributed by atoms with Crippen LogP contribution in [-0.2, 0) is 4.79 Å². The summed E-state index contributed by atoms with van der Waals surface area (Å²) in [6.45, 7) is 0.902. The maximum absolute atomic E-state index is 13.0. The molecule has 0 spiro atoms. The van der Waals surface area contributed by atoms with Gasteiger partial charge in [0.25, 0.3) is 5.91 Å². The number of amides is 2. The number of hydrogen-bond acceptors (Lipinski definition) is 2. The lowest BCUT2D eigenvalue weighted by Crippen LogP contribution is -2.33. The fourth-order valence-electron chi connectivity index (χ4n) is 2.17. The van der Waals surface area contributed by atoms with Crippen LogP contribution in [0.5, 0.6) is 0 Å². The van der Waals surface area contributed by atoms with Gasteiger partial charge in [-0.2, -0.15) is 0 Å². The van der Waals surface area contributed by atoms with E-state index < -0.39 is 5.82 Å². The van der Waals surface area contributed by atoms with Crippen molar-refractivity contribution in [3.05, 3.63) is 34.6 Å². The zero-order valence-corrected chi connectivity index (χ0v) is 11.2. The Labute approximate surface area is 115 Å². The molecule has 0 radical (unpaired) electrons. The molecule has 1 aromatic rings. The number of likely N-dealkylation sites (tertiary alicyclic amines) is 1. The highest BCUT2D eigenvalue weighted by Gasteiger charge is 2.31. The van der Waals surface area contributed by atoms with Crippen LogP contribution >= 0.6 is 11.6 Å². The van der Waals surface area contributed by atoms with Crippen molar-refractivity contribution < 1.29 is 14.0 Å². The van der Waals surface area contributed by atoms with Crippen molar-refractivity contribution in [2.24, 2.45) is 5.92 Å². The van der Waals surface area contributed by atoms with Crippen molar-refractivity contribution in [1.82, 2.24) is 10.2 Å². The van der Waals surface area contributed by atoms with Gasteiger partial charge in [-0.3, -0.25) is 9.59 Å². The summed E-state index contributed by atoms with van der Waals surface area (Å²) in [5, 5.41) is 2.50. The van der Waals surface area contributed by atoms with Gasteiger partial charge in [0.1, 0.15) is 5.82 Å². The molecule has 0 aromatic heterocycles. The fraction of sp³-hybridized carbons (Fsp3) is 0.385. The van der Waals surface area contributed by atoms with Crippen molar-refractivity contribution in [3.63, 3.8) is 0 Å². The molecule has 1 aliphatic rings. The molecule has 6 heteroatoms. The lowest BCUT2D eigenvalue weighted by molar-refractivity contribution is -0.124. The third-order valence-electron chi connectivity index (χ3n) is 3.26. The van der Waals surface area contributed by atoms with Crippen LogP contribution in [0.2, 0.25) is 5.02 Å². The number of carbonyl (C=O) groups is 2. The van der Waals surface area contributed by atoms with Gasteiger partial charge in [0.2, 0.25) is 5.91 Å². The van der Waals surface area contributed by atoms with Crippen LogP contribution in [0, 0.1) is 11.7 Å². The first kappa shape index (κ1) is 13.8. The number of nitrogens with one attached hydrogen (secondary N) is 1. The number of benzene rings is 1. The van der Waals surface area contributed by atoms with E-state index in [4.69, 9.17) is 11.6 Å². The van der Waals surface area contributed by atoms with Crippen LogP contribution in [0.1, 0.15) is 16.8 Å². The largest absolute Gasteiger partial charge is 0.359 e. The van der Waals surface area contributed by atoms with Crippen molar-refractivity contribution in [3.8, 4) is 0 Å². The number of nitrogens with zero attached hydrogens (tertiary/aromatic N) is 1. The minimum Gasteiger partial charge on any atom is -0.359 e. The van der Waals surface area contributed by atoms with E-state index in [1.54, 1.807) is 11.9 Å². The third-order valence-corrected chi connectivity index (χ3v) is 3.55. The van der Waals surface area contributed by atoms with Crippen molar-refractivity contribution in [2.45, 2.75) is 6.42 Å². The normalized spacial score (nSPS) is 18.5. The Balaban J connectivity index is 2.09. The van der Waals surface area contributed by atoms with E-state index in [0.717, 1.165) is 0 Å². The molecule has 2 amide bonds. The summed E-state index contributed by atoms with van der Waals surface area (Å²) in [5.41, 5.74) is 0.337. The first-order valence-corrected chi connectivity index (χ1v) is 6.36. The van der Waals surface area contributed by atoms with E-state index in [9.17, 15) is 14.0 Å². The number of rotatable bonds is 2. The summed E-state index contributed by atoms with van der Waals surface area (Å²) < 4.78 is 13.0. The van der Waals surface area contributed by atoms with Gasteiger partial charge in [-0.15, -0.1) is 0 Å². The maximum atomic E-state index is 13.0. The maximum Gasteiger partial charge on any atom is 0.253 e. The van der Waals surface area contributed by atoms with E-state index in [1.807, 2.05) is 0 Å². The molecule has 1 saturated heterocycles. The van der Waals surface area contributed by atoms with Crippen LogP contribution < -0.4 is 5.32 Å². The molecule has 1 fully saturated rings. The van der Waals surface area contributed by atoms with E-state index >= 15 is 0 Å². The SMILES string of the molecule is CNC(=O)[C@H]1CCN(C(=O)c2ccc(F)c(Cl)c2)C1. The summed E-state index contributed by atoms with van der Waals surface area (Å²) in [7, 11) is 1.58. The molecule has 1 atom stereocenters. The van der Waals surface area contributed by atoms with E-state index in [0.29, 0.717) is 25.1 Å². The zero-order chi connectivity index (χ0) is 14.0. The lowest BCUT2D eigenvalue weighted by atomic mass is 10.1. The second kappa shape index (κ2) is 5.57. The highest BCUT2D eigenvalue weighted by atomic mass is 35.5. The van der Waals surface area contributed by atoms with Crippen LogP contribution in [-0.4, -0.2) is 36.9 Å². The Bertz CT molecular complexity index is 521. The average molecular weight is 285 g/mol. The van der Waals surface area contributed by atoms with Gasteiger partial charge in [-0.05, 0) is 24.6 Å². The Hall–Kier alpha value is -1.62. The molecule has 1 heterocycles. The molecule has 1 aliphatic heterocycles. The molecular formula is C13H14ClFN2O2. The van der Waals surface area contributed by atoms with Crippen molar-refractivity contribution in [1.29, 1.82) is 0 Å². The topological polar surface area (TPSA) is 49.4 Å². The summed E-state index contributed by atoms with van der Waals surface area (Å²) in [6.07, 6.45) is 0.639. The Morgan fingerprint density at radius 2 is 2.21 bits per heavy atom. The van der Waals surface area contributed by atoms with Crippen LogP contribution in [0.25, 0.3) is 0 Å². The van der Waals surface area contributed by atoms with Gasteiger partial charge in [0.05, 0.1) is 10.9 Å². The molecule has 0 bridgehead atoms. The van der Waals surface area contributed by atoms with Gasteiger partial charge in [-0.25, -0.2) is 4.39 Å². The molecular weight excluding hydrogens is 271 g/mol. The molecule has 102 valence electrons. The first-order chi connectivity index (χ1) is 9.02. The molecule has 0 unspecified atom stereocenters. The monoisotopic (exact) mass is 284 g/mol. The number of hydrogen-bond donors (Lipinski definition) is 1. The molecule has 2 rings (SSSR count). The smallest absolute Gasteiger partial charge is 0.253 e. The highest BCUT2D eigenvalue weighted by Crippen LogP contribution is 2.21. The van der Waals surface area contributed by atoms with E-state index in [2.05, 4.69) is 5.32 Å². The minimum absolute atomic E-state index is 0.0626. The first-order valence-electron chi connectivity index (χ1n) is 5.99. The summed E-state index contributed by atoms with van der Waals surface area (Å²) in [4.78, 5) is 25.3. The Morgan fingerprint density at radius 1 is 1.47 bits per heavy atom. The molecule has 0 aliphatic carbocycles. The highest BCUT2D eigenvalue weighted by molar-refractivity contribution is 6.31. The lowest BCUT2D eigenvalue weighted by Gasteiger charge is -2.16. The predicted molar refractivity (Wildman–Crippen MR) is 69.5 cm³/mol. The average Bonchev–Trinajstić information content (AvgIpc) is 2.89. The van der Waals surface area contributed by atoms with Gasteiger partial charge in [0.15, 0.2) is 0 Å². The standard InChI is InChI=1S/C13H14ClFN2O2/c1-16-12(18)9-4-5-17(7-9)13(19)8-2-3-11(15)10(14)6-8/h2-3,6,9H,4-5,7H2,1H3,(H,16,18)/t9-/m0/s1. The second-order valence-corrected chi connectivity index (χ2v) is 4.89. The van der Waals surface area contributed by atoms with Gasteiger partial charge < -0.3 is 10.2 Å². The summed E-state index contributed by atoms with van der Waals surface area (Å²) in [5.74, 6) is -1.02. The Kier molecular flexibility index (Phi) is 4.04. The fourth-order valence-corrected chi connectivity index (χ4v) is 2.36. The van der Waals surface area contributed by atoms with E-state index in [-0.39, 0.29) is 22.8 Å². The molecule has 19 heavy (non-hydrogen) atoms. The van der Waals surface area contributed by atoms with Crippen LogP contribution in [0.4, 0.5) is 4.39 Å². The minimum atomic E-state index is -0.553. The number of halogens is 2. The van der Waals surface area contributed by atoms with Gasteiger partial charge in [-0.1, -0.05) is 11.6 Å². The molecule has 1 aromatic carbocycles. The van der Waals surface area contributed by atoms with Gasteiger partial charge >= 0.3 is 0 Å². The quantitative estimate of drug-likeness (QED) is 0.898. The van der Waals surface area contributed by atoms with Gasteiger partial charge in [0, 0.05) is 25.7 Å². The third kappa shape index (κ3) is 2.87. The van der Waals surface area contributed by atoms with Crippen molar-refractivity contribution >= 4 is 23.4 Å². The molecule has 0 saturated carbocycles. The number of carbonyl (C=O) groups excluding carboxylic acids is 2.